The van der Waals surface area contributed by atoms with E-state index in [1.54, 1.807) is 6.07 Å². The topological polar surface area (TPSA) is 55.0 Å². The average molecular weight is 340 g/mol. The summed E-state index contributed by atoms with van der Waals surface area (Å²) in [6.07, 6.45) is 0.968. The summed E-state index contributed by atoms with van der Waals surface area (Å²) in [5.74, 6) is -0.372. The monoisotopic (exact) mass is 340 g/mol. The fraction of sp³-hybridized carbons (Fsp3) is 0.263. The highest BCUT2D eigenvalue weighted by molar-refractivity contribution is 5.93. The molecule has 128 valence electrons. The average Bonchev–Trinajstić information content (AvgIpc) is 3.10. The Labute approximate surface area is 144 Å². The Morgan fingerprint density at radius 1 is 1.04 bits per heavy atom. The van der Waals surface area contributed by atoms with E-state index < -0.39 is 11.6 Å². The second-order valence-electron chi connectivity index (χ2n) is 6.32. The third kappa shape index (κ3) is 2.82. The number of hydrogen-bond acceptors (Lipinski definition) is 4. The number of rotatable bonds is 3. The second kappa shape index (κ2) is 6.37. The highest BCUT2D eigenvalue weighted by Crippen LogP contribution is 2.32. The van der Waals surface area contributed by atoms with E-state index >= 15 is 0 Å². The molecule has 1 atom stereocenters. The van der Waals surface area contributed by atoms with Gasteiger partial charge < -0.3 is 10.6 Å². The lowest BCUT2D eigenvalue weighted by Crippen LogP contribution is -2.24. The van der Waals surface area contributed by atoms with Gasteiger partial charge in [-0.3, -0.25) is 0 Å². The van der Waals surface area contributed by atoms with Crippen LogP contribution in [0, 0.1) is 17.6 Å². The van der Waals surface area contributed by atoms with Crippen molar-refractivity contribution in [1.82, 2.24) is 9.97 Å². The molecule has 0 spiro atoms. The van der Waals surface area contributed by atoms with Crippen molar-refractivity contribution < 1.29 is 8.78 Å². The minimum atomic E-state index is -0.629. The van der Waals surface area contributed by atoms with Crippen LogP contribution >= 0.6 is 0 Å². The van der Waals surface area contributed by atoms with Crippen LogP contribution in [0.25, 0.3) is 22.2 Å². The van der Waals surface area contributed by atoms with Gasteiger partial charge in [-0.15, -0.1) is 0 Å². The first kappa shape index (κ1) is 15.9. The van der Waals surface area contributed by atoms with Crippen LogP contribution in [0.1, 0.15) is 6.42 Å². The van der Waals surface area contributed by atoms with Gasteiger partial charge in [0.1, 0.15) is 11.6 Å². The highest BCUT2D eigenvalue weighted by atomic mass is 19.1. The standard InChI is InChI=1S/C19H18F2N4/c20-14-5-3-6-15(21)17(14)18-13-4-1-2-7-16(13)23-19(24-18)25-9-8-12(10-22)11-25/h1-7,12H,8-11,22H2. The van der Waals surface area contributed by atoms with Crippen LogP contribution < -0.4 is 10.6 Å². The summed E-state index contributed by atoms with van der Waals surface area (Å²) in [5.41, 5.74) is 6.60. The zero-order valence-electron chi connectivity index (χ0n) is 13.6. The summed E-state index contributed by atoms with van der Waals surface area (Å²) >= 11 is 0. The molecule has 3 aromatic rings. The fourth-order valence-corrected chi connectivity index (χ4v) is 3.33. The predicted octanol–water partition coefficient (Wildman–Crippen LogP) is 3.36. The van der Waals surface area contributed by atoms with Crippen LogP contribution in [0.4, 0.5) is 14.7 Å². The largest absolute Gasteiger partial charge is 0.340 e. The maximum atomic E-state index is 14.4. The van der Waals surface area contributed by atoms with E-state index in [1.807, 2.05) is 23.1 Å². The van der Waals surface area contributed by atoms with Gasteiger partial charge in [-0.2, -0.15) is 0 Å². The highest BCUT2D eigenvalue weighted by Gasteiger charge is 2.25. The Morgan fingerprint density at radius 3 is 2.52 bits per heavy atom. The predicted molar refractivity (Wildman–Crippen MR) is 94.3 cm³/mol. The molecule has 0 saturated carbocycles. The van der Waals surface area contributed by atoms with Crippen molar-refractivity contribution in [2.75, 3.05) is 24.5 Å². The number of nitrogens with zero attached hydrogens (tertiary/aromatic N) is 3. The van der Waals surface area contributed by atoms with Gasteiger partial charge in [0.25, 0.3) is 0 Å². The van der Waals surface area contributed by atoms with Crippen LogP contribution in [0.5, 0.6) is 0 Å². The van der Waals surface area contributed by atoms with Gasteiger partial charge >= 0.3 is 0 Å². The Kier molecular flexibility index (Phi) is 4.05. The quantitative estimate of drug-likeness (QED) is 0.794. The van der Waals surface area contributed by atoms with Crippen molar-refractivity contribution in [2.24, 2.45) is 11.7 Å². The first-order chi connectivity index (χ1) is 12.2. The number of halogens is 2. The summed E-state index contributed by atoms with van der Waals surface area (Å²) in [6.45, 7) is 2.16. The van der Waals surface area contributed by atoms with Gasteiger partial charge in [-0.05, 0) is 37.1 Å². The Hall–Kier alpha value is -2.60. The number of para-hydroxylation sites is 1. The van der Waals surface area contributed by atoms with Crippen LogP contribution in [0.2, 0.25) is 0 Å². The minimum Gasteiger partial charge on any atom is -0.340 e. The molecule has 0 radical (unpaired) electrons. The van der Waals surface area contributed by atoms with E-state index in [0.29, 0.717) is 29.3 Å². The van der Waals surface area contributed by atoms with E-state index in [0.717, 1.165) is 19.5 Å². The molecule has 4 rings (SSSR count). The smallest absolute Gasteiger partial charge is 0.226 e. The molecule has 1 aliphatic heterocycles. The summed E-state index contributed by atoms with van der Waals surface area (Å²) in [6, 6.07) is 11.1. The number of fused-ring (bicyclic) bond motifs is 1. The third-order valence-electron chi connectivity index (χ3n) is 4.69. The molecular weight excluding hydrogens is 322 g/mol. The van der Waals surface area contributed by atoms with Crippen molar-refractivity contribution >= 4 is 16.9 Å². The molecule has 0 amide bonds. The fourth-order valence-electron chi connectivity index (χ4n) is 3.33. The Morgan fingerprint density at radius 2 is 1.80 bits per heavy atom. The molecule has 2 heterocycles. The van der Waals surface area contributed by atoms with Gasteiger partial charge in [0.05, 0.1) is 16.8 Å². The Bertz CT molecular complexity index is 908. The van der Waals surface area contributed by atoms with Gasteiger partial charge in [-0.1, -0.05) is 24.3 Å². The first-order valence-electron chi connectivity index (χ1n) is 8.33. The molecule has 1 unspecified atom stereocenters. The molecule has 4 nitrogen and oxygen atoms in total. The molecule has 1 aromatic heterocycles. The molecule has 1 aliphatic rings. The normalized spacial score (nSPS) is 17.4. The van der Waals surface area contributed by atoms with Gasteiger partial charge in [-0.25, -0.2) is 18.7 Å². The number of benzene rings is 2. The van der Waals surface area contributed by atoms with Crippen molar-refractivity contribution in [1.29, 1.82) is 0 Å². The van der Waals surface area contributed by atoms with Crippen molar-refractivity contribution in [3.8, 4) is 11.3 Å². The van der Waals surface area contributed by atoms with Gasteiger partial charge in [0.2, 0.25) is 5.95 Å². The summed E-state index contributed by atoms with van der Waals surface area (Å²) in [5, 5.41) is 0.629. The van der Waals surface area contributed by atoms with Gasteiger partial charge in [0, 0.05) is 18.5 Å². The van der Waals surface area contributed by atoms with E-state index in [2.05, 4.69) is 9.97 Å². The molecule has 1 saturated heterocycles. The van der Waals surface area contributed by atoms with E-state index in [1.165, 1.54) is 18.2 Å². The maximum absolute atomic E-state index is 14.4. The first-order valence-corrected chi connectivity index (χ1v) is 8.33. The molecular formula is C19H18F2N4. The maximum Gasteiger partial charge on any atom is 0.226 e. The van der Waals surface area contributed by atoms with Crippen LogP contribution in [0.15, 0.2) is 42.5 Å². The number of aromatic nitrogens is 2. The lowest BCUT2D eigenvalue weighted by atomic mass is 10.1. The zero-order chi connectivity index (χ0) is 17.4. The lowest BCUT2D eigenvalue weighted by Gasteiger charge is -2.18. The molecule has 2 N–H and O–H groups in total. The molecule has 1 fully saturated rings. The van der Waals surface area contributed by atoms with E-state index in [9.17, 15) is 8.78 Å². The summed E-state index contributed by atoms with van der Waals surface area (Å²) < 4.78 is 28.7. The summed E-state index contributed by atoms with van der Waals surface area (Å²) in [4.78, 5) is 11.2. The Balaban J connectivity index is 1.91. The zero-order valence-corrected chi connectivity index (χ0v) is 13.6. The van der Waals surface area contributed by atoms with Crippen LogP contribution in [-0.4, -0.2) is 29.6 Å². The minimum absolute atomic E-state index is 0.114. The molecule has 2 aromatic carbocycles. The van der Waals surface area contributed by atoms with Crippen molar-refractivity contribution in [2.45, 2.75) is 6.42 Å². The molecule has 25 heavy (non-hydrogen) atoms. The SMILES string of the molecule is NCC1CCN(c2nc(-c3c(F)cccc3F)c3ccccc3n2)C1. The summed E-state index contributed by atoms with van der Waals surface area (Å²) in [7, 11) is 0. The third-order valence-corrected chi connectivity index (χ3v) is 4.69. The molecule has 0 bridgehead atoms. The lowest BCUT2D eigenvalue weighted by molar-refractivity contribution is 0.588. The number of anilines is 1. The van der Waals surface area contributed by atoms with Crippen molar-refractivity contribution in [3.63, 3.8) is 0 Å². The molecule has 0 aliphatic carbocycles. The second-order valence-corrected chi connectivity index (χ2v) is 6.32. The number of nitrogens with two attached hydrogens (primary N) is 1. The van der Waals surface area contributed by atoms with Crippen LogP contribution in [0.3, 0.4) is 0 Å². The van der Waals surface area contributed by atoms with E-state index in [-0.39, 0.29) is 11.3 Å². The van der Waals surface area contributed by atoms with Crippen molar-refractivity contribution in [3.05, 3.63) is 54.1 Å². The number of hydrogen-bond donors (Lipinski definition) is 1. The van der Waals surface area contributed by atoms with E-state index in [4.69, 9.17) is 5.73 Å². The van der Waals surface area contributed by atoms with Crippen LogP contribution in [-0.2, 0) is 0 Å². The van der Waals surface area contributed by atoms with Gasteiger partial charge in [0.15, 0.2) is 0 Å². The molecule has 6 heteroatoms.